The van der Waals surface area contributed by atoms with Crippen molar-refractivity contribution in [3.05, 3.63) is 87.4 Å². The minimum atomic E-state index is -3.60. The second-order valence-electron chi connectivity index (χ2n) is 10.4. The Hall–Kier alpha value is -3.73. The number of nitrogens with one attached hydrogen (secondary N) is 2. The first kappa shape index (κ1) is 28.8. The first-order valence-electron chi connectivity index (χ1n) is 12.3. The van der Waals surface area contributed by atoms with Crippen LogP contribution in [0.4, 0.5) is 0 Å². The molecule has 0 bridgehead atoms. The van der Waals surface area contributed by atoms with Gasteiger partial charge in [-0.25, -0.2) is 13.4 Å². The quantitative estimate of drug-likeness (QED) is 0.404. The lowest BCUT2D eigenvalue weighted by molar-refractivity contribution is -0.123. The predicted molar refractivity (Wildman–Crippen MR) is 145 cm³/mol. The lowest BCUT2D eigenvalue weighted by Crippen LogP contribution is -2.42. The molecule has 38 heavy (non-hydrogen) atoms. The topological polar surface area (TPSA) is 132 Å². The van der Waals surface area contributed by atoms with Gasteiger partial charge >= 0.3 is 0 Å². The molecule has 0 aliphatic carbocycles. The molecule has 11 heteroatoms. The van der Waals surface area contributed by atoms with Crippen LogP contribution in [0.2, 0.25) is 0 Å². The van der Waals surface area contributed by atoms with Gasteiger partial charge in [-0.05, 0) is 46.2 Å². The number of aryl methyl sites for hydroxylation is 2. The van der Waals surface area contributed by atoms with Crippen molar-refractivity contribution in [1.82, 2.24) is 24.8 Å². The molecule has 10 nitrogen and oxygen atoms in total. The van der Waals surface area contributed by atoms with E-state index in [0.29, 0.717) is 22.6 Å². The van der Waals surface area contributed by atoms with Crippen LogP contribution in [0.15, 0.2) is 53.6 Å². The number of hydrogen-bond donors (Lipinski definition) is 2. The van der Waals surface area contributed by atoms with Crippen LogP contribution in [0.3, 0.4) is 0 Å². The van der Waals surface area contributed by atoms with E-state index >= 15 is 0 Å². The molecule has 0 unspecified atom stereocenters. The van der Waals surface area contributed by atoms with Crippen LogP contribution in [0.5, 0.6) is 0 Å². The number of pyridine rings is 1. The van der Waals surface area contributed by atoms with Crippen molar-refractivity contribution in [2.75, 3.05) is 0 Å². The summed E-state index contributed by atoms with van der Waals surface area (Å²) in [4.78, 5) is 42.5. The summed E-state index contributed by atoms with van der Waals surface area (Å²) in [7, 11) is -3.60. The molecule has 3 aromatic rings. The highest BCUT2D eigenvalue weighted by Crippen LogP contribution is 2.12. The molecule has 0 radical (unpaired) electrons. The van der Waals surface area contributed by atoms with Gasteiger partial charge in [0.15, 0.2) is 9.84 Å². The number of benzene rings is 1. The van der Waals surface area contributed by atoms with E-state index in [0.717, 1.165) is 0 Å². The fourth-order valence-corrected chi connectivity index (χ4v) is 5.50. The highest BCUT2D eigenvalue weighted by Gasteiger charge is 2.19. The van der Waals surface area contributed by atoms with Gasteiger partial charge in [0.2, 0.25) is 11.8 Å². The predicted octanol–water partition coefficient (Wildman–Crippen LogP) is 2.01. The van der Waals surface area contributed by atoms with Crippen molar-refractivity contribution in [3.63, 3.8) is 0 Å². The molecule has 2 heterocycles. The zero-order valence-electron chi connectivity index (χ0n) is 22.4. The van der Waals surface area contributed by atoms with Gasteiger partial charge in [-0.1, -0.05) is 36.4 Å². The summed E-state index contributed by atoms with van der Waals surface area (Å²) in [5.41, 5.74) is 1.75. The Labute approximate surface area is 223 Å². The molecule has 1 aromatic carbocycles. The Kier molecular flexibility index (Phi) is 8.93. The van der Waals surface area contributed by atoms with Crippen molar-refractivity contribution in [3.8, 4) is 0 Å². The monoisotopic (exact) mass is 541 g/mol. The third kappa shape index (κ3) is 8.14. The highest BCUT2D eigenvalue weighted by atomic mass is 32.2. The van der Waals surface area contributed by atoms with E-state index < -0.39 is 27.1 Å². The lowest BCUT2D eigenvalue weighted by Gasteiger charge is -2.21. The molecule has 0 fully saturated rings. The zero-order chi connectivity index (χ0) is 28.1. The summed E-state index contributed by atoms with van der Waals surface area (Å²) < 4.78 is 28.4. The number of carbonyl (C=O) groups excluding carboxylic acids is 2. The molecule has 2 aromatic heterocycles. The molecule has 0 atom stereocenters. The summed E-state index contributed by atoms with van der Waals surface area (Å²) in [5, 5.41) is 5.67. The minimum absolute atomic E-state index is 0.0569. The van der Waals surface area contributed by atoms with Gasteiger partial charge in [0.05, 0.1) is 35.8 Å². The Balaban J connectivity index is 1.68. The van der Waals surface area contributed by atoms with Gasteiger partial charge in [0.1, 0.15) is 13.1 Å². The van der Waals surface area contributed by atoms with Gasteiger partial charge < -0.3 is 19.8 Å². The number of hydrogen-bond acceptors (Lipinski definition) is 6. The largest absolute Gasteiger partial charge is 0.350 e. The minimum Gasteiger partial charge on any atom is -0.350 e. The van der Waals surface area contributed by atoms with E-state index in [1.807, 2.05) is 20.8 Å². The molecule has 2 N–H and O–H groups in total. The van der Waals surface area contributed by atoms with Gasteiger partial charge in [0, 0.05) is 16.8 Å². The van der Waals surface area contributed by atoms with Crippen LogP contribution >= 0.6 is 0 Å². The Morgan fingerprint density at radius 3 is 2.29 bits per heavy atom. The highest BCUT2D eigenvalue weighted by molar-refractivity contribution is 7.89. The fraction of sp³-hybridized carbons (Fsp3) is 0.407. The van der Waals surface area contributed by atoms with Crippen molar-refractivity contribution < 1.29 is 18.0 Å². The standard InChI is InChI=1S/C27H35N5O5S/c1-19-11-12-22(17-38(36,37)16-21-9-7-6-8-10-21)26(35)32(19)15-24(33)28-13-23-20(2)29-18-31(23)14-25(34)30-27(3,4)5/h6-12,18H,13-17H2,1-5H3,(H,28,33)(H,30,34). The lowest BCUT2D eigenvalue weighted by atomic mass is 10.1. The number of amides is 2. The molecular formula is C27H35N5O5S. The van der Waals surface area contributed by atoms with Gasteiger partial charge in [-0.3, -0.25) is 14.4 Å². The summed E-state index contributed by atoms with van der Waals surface area (Å²) in [6.45, 7) is 9.05. The zero-order valence-corrected chi connectivity index (χ0v) is 23.3. The number of sulfone groups is 1. The second kappa shape index (κ2) is 11.8. The second-order valence-corrected chi connectivity index (χ2v) is 12.5. The van der Waals surface area contributed by atoms with E-state index in [-0.39, 0.29) is 42.4 Å². The average Bonchev–Trinajstić information content (AvgIpc) is 3.15. The maximum absolute atomic E-state index is 13.1. The number of imidazole rings is 1. The molecule has 204 valence electrons. The van der Waals surface area contributed by atoms with Crippen LogP contribution in [-0.4, -0.2) is 39.9 Å². The van der Waals surface area contributed by atoms with E-state index in [4.69, 9.17) is 0 Å². The van der Waals surface area contributed by atoms with Gasteiger partial charge in [0.25, 0.3) is 5.56 Å². The number of rotatable bonds is 10. The smallest absolute Gasteiger partial charge is 0.255 e. The number of aromatic nitrogens is 3. The van der Waals surface area contributed by atoms with Crippen LogP contribution < -0.4 is 16.2 Å². The first-order chi connectivity index (χ1) is 17.7. The van der Waals surface area contributed by atoms with Crippen LogP contribution in [-0.2, 0) is 50.6 Å². The van der Waals surface area contributed by atoms with Crippen LogP contribution in [0.25, 0.3) is 0 Å². The third-order valence-electron chi connectivity index (χ3n) is 5.81. The Morgan fingerprint density at radius 1 is 0.947 bits per heavy atom. The van der Waals surface area contributed by atoms with Gasteiger partial charge in [-0.2, -0.15) is 0 Å². The Bertz CT molecular complexity index is 1470. The van der Waals surface area contributed by atoms with E-state index in [2.05, 4.69) is 15.6 Å². The molecule has 0 aliphatic rings. The van der Waals surface area contributed by atoms with Crippen molar-refractivity contribution in [2.24, 2.45) is 0 Å². The SMILES string of the molecule is Cc1ncn(CC(=O)NC(C)(C)C)c1CNC(=O)Cn1c(C)ccc(CS(=O)(=O)Cc2ccccc2)c1=O. The number of nitrogens with zero attached hydrogens (tertiary/aromatic N) is 3. The van der Waals surface area contributed by atoms with E-state index in [1.165, 1.54) is 10.6 Å². The number of carbonyl (C=O) groups is 2. The molecule has 0 saturated heterocycles. The normalized spacial score (nSPS) is 11.8. The maximum Gasteiger partial charge on any atom is 0.255 e. The van der Waals surface area contributed by atoms with Crippen LogP contribution in [0.1, 0.15) is 49.0 Å². The molecule has 0 spiro atoms. The van der Waals surface area contributed by atoms with Crippen molar-refractivity contribution >= 4 is 21.7 Å². The molecular weight excluding hydrogens is 506 g/mol. The average molecular weight is 542 g/mol. The van der Waals surface area contributed by atoms with Crippen LogP contribution in [0, 0.1) is 13.8 Å². The summed E-state index contributed by atoms with van der Waals surface area (Å²) in [6, 6.07) is 11.9. The summed E-state index contributed by atoms with van der Waals surface area (Å²) >= 11 is 0. The summed E-state index contributed by atoms with van der Waals surface area (Å²) in [5.74, 6) is -1.20. The third-order valence-corrected chi connectivity index (χ3v) is 7.34. The van der Waals surface area contributed by atoms with Crippen molar-refractivity contribution in [2.45, 2.75) is 71.3 Å². The van der Waals surface area contributed by atoms with Gasteiger partial charge in [-0.15, -0.1) is 0 Å². The van der Waals surface area contributed by atoms with Crippen molar-refractivity contribution in [1.29, 1.82) is 0 Å². The molecule has 3 rings (SSSR count). The summed E-state index contributed by atoms with van der Waals surface area (Å²) in [6.07, 6.45) is 1.55. The Morgan fingerprint density at radius 2 is 1.63 bits per heavy atom. The molecule has 0 saturated carbocycles. The first-order valence-corrected chi connectivity index (χ1v) is 14.1. The maximum atomic E-state index is 13.1. The van der Waals surface area contributed by atoms with E-state index in [1.54, 1.807) is 61.1 Å². The fourth-order valence-electron chi connectivity index (χ4n) is 4.01. The van der Waals surface area contributed by atoms with E-state index in [9.17, 15) is 22.8 Å². The molecule has 0 aliphatic heterocycles. The molecule has 2 amide bonds.